The highest BCUT2D eigenvalue weighted by Crippen LogP contribution is 2.26. The maximum Gasteiger partial charge on any atom is 0.126 e. The van der Waals surface area contributed by atoms with Crippen LogP contribution in [-0.4, -0.2) is 10.9 Å². The first-order chi connectivity index (χ1) is 8.64. The Morgan fingerprint density at radius 2 is 1.89 bits per heavy atom. The number of hydrogen-bond acceptors (Lipinski definition) is 2. The van der Waals surface area contributed by atoms with Gasteiger partial charge in [0.2, 0.25) is 0 Å². The molecular formula is C15H17ClN2. The molecule has 0 radical (unpaired) electrons. The summed E-state index contributed by atoms with van der Waals surface area (Å²) in [6.45, 7) is 4.10. The van der Waals surface area contributed by atoms with E-state index in [4.69, 9.17) is 11.6 Å². The van der Waals surface area contributed by atoms with Crippen LogP contribution in [0.5, 0.6) is 0 Å². The molecule has 94 valence electrons. The zero-order valence-electron chi connectivity index (χ0n) is 10.7. The van der Waals surface area contributed by atoms with Crippen LogP contribution in [0, 0.1) is 6.92 Å². The summed E-state index contributed by atoms with van der Waals surface area (Å²) in [6.07, 6.45) is 1.85. The average Bonchev–Trinajstić information content (AvgIpc) is 2.42. The molecule has 0 aliphatic rings. The second-order valence-corrected chi connectivity index (χ2v) is 4.94. The maximum absolute atomic E-state index is 6.13. The summed E-state index contributed by atoms with van der Waals surface area (Å²) in [5.41, 5.74) is 1.99. The van der Waals surface area contributed by atoms with Gasteiger partial charge in [-0.3, -0.25) is 0 Å². The van der Waals surface area contributed by atoms with Gasteiger partial charge in [-0.05, 0) is 31.0 Å². The molecule has 18 heavy (non-hydrogen) atoms. The number of benzene rings is 1. The highest BCUT2D eigenvalue weighted by molar-refractivity contribution is 6.18. The van der Waals surface area contributed by atoms with Gasteiger partial charge < -0.3 is 5.32 Å². The van der Waals surface area contributed by atoms with E-state index in [0.29, 0.717) is 5.88 Å². The van der Waals surface area contributed by atoms with Crippen LogP contribution >= 0.6 is 11.6 Å². The number of rotatable bonds is 4. The molecule has 1 aromatic carbocycles. The number of nitrogens with zero attached hydrogens (tertiary/aromatic N) is 1. The number of anilines is 1. The Kier molecular flexibility index (Phi) is 3.87. The van der Waals surface area contributed by atoms with Crippen molar-refractivity contribution >= 4 is 17.4 Å². The standard InChI is InChI=1S/C15H17ClN2/c1-12-8-9-14(17-10-12)18-15(2,11-16)13-6-4-3-5-7-13/h3-10H,11H2,1-2H3,(H,17,18). The maximum atomic E-state index is 6.13. The van der Waals surface area contributed by atoms with Gasteiger partial charge in [-0.2, -0.15) is 0 Å². The highest BCUT2D eigenvalue weighted by Gasteiger charge is 2.25. The normalized spacial score (nSPS) is 13.9. The lowest BCUT2D eigenvalue weighted by Gasteiger charge is -2.29. The van der Waals surface area contributed by atoms with Gasteiger partial charge in [0, 0.05) is 12.1 Å². The minimum absolute atomic E-state index is 0.314. The van der Waals surface area contributed by atoms with Crippen LogP contribution in [0.15, 0.2) is 48.7 Å². The molecule has 2 nitrogen and oxygen atoms in total. The third kappa shape index (κ3) is 2.82. The van der Waals surface area contributed by atoms with Crippen molar-refractivity contribution in [2.45, 2.75) is 19.4 Å². The van der Waals surface area contributed by atoms with Crippen LogP contribution in [0.1, 0.15) is 18.1 Å². The molecule has 1 atom stereocenters. The van der Waals surface area contributed by atoms with Crippen LogP contribution in [-0.2, 0) is 5.54 Å². The largest absolute Gasteiger partial charge is 0.360 e. The van der Waals surface area contributed by atoms with Crippen LogP contribution in [0.25, 0.3) is 0 Å². The average molecular weight is 261 g/mol. The van der Waals surface area contributed by atoms with Gasteiger partial charge in [0.15, 0.2) is 0 Å². The molecule has 0 amide bonds. The molecule has 0 fully saturated rings. The van der Waals surface area contributed by atoms with Crippen molar-refractivity contribution in [2.24, 2.45) is 0 Å². The summed E-state index contributed by atoms with van der Waals surface area (Å²) in [5.74, 6) is 1.32. The first-order valence-corrected chi connectivity index (χ1v) is 6.50. The van der Waals surface area contributed by atoms with E-state index >= 15 is 0 Å². The number of pyridine rings is 1. The van der Waals surface area contributed by atoms with Crippen molar-refractivity contribution in [1.29, 1.82) is 0 Å². The van der Waals surface area contributed by atoms with Crippen molar-refractivity contribution in [3.8, 4) is 0 Å². The van der Waals surface area contributed by atoms with Crippen molar-refractivity contribution in [3.63, 3.8) is 0 Å². The Morgan fingerprint density at radius 3 is 2.44 bits per heavy atom. The third-order valence-corrected chi connectivity index (χ3v) is 3.53. The Morgan fingerprint density at radius 1 is 1.17 bits per heavy atom. The summed E-state index contributed by atoms with van der Waals surface area (Å²) in [7, 11) is 0. The van der Waals surface area contributed by atoms with Crippen molar-refractivity contribution in [2.75, 3.05) is 11.2 Å². The Balaban J connectivity index is 2.26. The second kappa shape index (κ2) is 5.40. The lowest BCUT2D eigenvalue weighted by Crippen LogP contribution is -2.34. The fourth-order valence-electron chi connectivity index (χ4n) is 1.81. The molecule has 1 N–H and O–H groups in total. The van der Waals surface area contributed by atoms with Crippen molar-refractivity contribution in [3.05, 3.63) is 59.8 Å². The highest BCUT2D eigenvalue weighted by atomic mass is 35.5. The molecule has 2 aromatic rings. The van der Waals surface area contributed by atoms with Gasteiger partial charge in [-0.1, -0.05) is 36.4 Å². The molecule has 0 spiro atoms. The Labute approximate surface area is 113 Å². The van der Waals surface area contributed by atoms with E-state index in [-0.39, 0.29) is 5.54 Å². The summed E-state index contributed by atoms with van der Waals surface area (Å²) < 4.78 is 0. The SMILES string of the molecule is Cc1ccc(NC(C)(CCl)c2ccccc2)nc1. The first kappa shape index (κ1) is 12.9. The Bertz CT molecular complexity index is 496. The number of aromatic nitrogens is 1. The summed E-state index contributed by atoms with van der Waals surface area (Å²) in [5, 5.41) is 3.41. The number of hydrogen-bond donors (Lipinski definition) is 1. The van der Waals surface area contributed by atoms with Crippen molar-refractivity contribution in [1.82, 2.24) is 4.98 Å². The van der Waals surface area contributed by atoms with Gasteiger partial charge in [-0.15, -0.1) is 11.6 Å². The first-order valence-electron chi connectivity index (χ1n) is 5.96. The molecule has 0 saturated carbocycles. The van der Waals surface area contributed by atoms with Gasteiger partial charge >= 0.3 is 0 Å². The second-order valence-electron chi connectivity index (χ2n) is 4.68. The van der Waals surface area contributed by atoms with E-state index in [1.165, 1.54) is 0 Å². The molecule has 0 saturated heterocycles. The van der Waals surface area contributed by atoms with Gasteiger partial charge in [0.1, 0.15) is 5.82 Å². The monoisotopic (exact) mass is 260 g/mol. The van der Waals surface area contributed by atoms with Crippen molar-refractivity contribution < 1.29 is 0 Å². The lowest BCUT2D eigenvalue weighted by atomic mass is 9.94. The summed E-state index contributed by atoms with van der Waals surface area (Å²) >= 11 is 6.13. The third-order valence-electron chi connectivity index (χ3n) is 2.99. The van der Waals surface area contributed by atoms with E-state index < -0.39 is 0 Å². The molecule has 0 bridgehead atoms. The van der Waals surface area contributed by atoms with E-state index in [1.807, 2.05) is 43.5 Å². The fourth-order valence-corrected chi connectivity index (χ4v) is 2.03. The molecular weight excluding hydrogens is 244 g/mol. The Hall–Kier alpha value is -1.54. The van der Waals surface area contributed by atoms with E-state index in [2.05, 4.69) is 29.4 Å². The molecule has 0 aliphatic carbocycles. The zero-order chi connectivity index (χ0) is 13.0. The number of aryl methyl sites for hydroxylation is 1. The van der Waals surface area contributed by atoms with Gasteiger partial charge in [0.25, 0.3) is 0 Å². The van der Waals surface area contributed by atoms with Crippen LogP contribution < -0.4 is 5.32 Å². The van der Waals surface area contributed by atoms with E-state index in [9.17, 15) is 0 Å². The van der Waals surface area contributed by atoms with E-state index in [1.54, 1.807) is 0 Å². The van der Waals surface area contributed by atoms with Crippen LogP contribution in [0.4, 0.5) is 5.82 Å². The summed E-state index contributed by atoms with van der Waals surface area (Å²) in [4.78, 5) is 4.37. The predicted molar refractivity (Wildman–Crippen MR) is 77.1 cm³/mol. The minimum Gasteiger partial charge on any atom is -0.360 e. The lowest BCUT2D eigenvalue weighted by molar-refractivity contribution is 0.613. The zero-order valence-corrected chi connectivity index (χ0v) is 11.4. The smallest absolute Gasteiger partial charge is 0.126 e. The fraction of sp³-hybridized carbons (Fsp3) is 0.267. The summed E-state index contributed by atoms with van der Waals surface area (Å²) in [6, 6.07) is 14.2. The molecule has 1 unspecified atom stereocenters. The van der Waals surface area contributed by atoms with Crippen LogP contribution in [0.2, 0.25) is 0 Å². The van der Waals surface area contributed by atoms with E-state index in [0.717, 1.165) is 16.9 Å². The number of nitrogens with one attached hydrogen (secondary N) is 1. The molecule has 3 heteroatoms. The number of halogens is 1. The van der Waals surface area contributed by atoms with Crippen LogP contribution in [0.3, 0.4) is 0 Å². The number of alkyl halides is 1. The van der Waals surface area contributed by atoms with Gasteiger partial charge in [0.05, 0.1) is 5.54 Å². The van der Waals surface area contributed by atoms with Gasteiger partial charge in [-0.25, -0.2) is 4.98 Å². The minimum atomic E-state index is -0.314. The molecule has 1 heterocycles. The quantitative estimate of drug-likeness (QED) is 0.842. The molecule has 0 aliphatic heterocycles. The molecule has 2 rings (SSSR count). The topological polar surface area (TPSA) is 24.9 Å². The molecule has 1 aromatic heterocycles. The predicted octanol–water partition coefficient (Wildman–Crippen LogP) is 3.96.